The summed E-state index contributed by atoms with van der Waals surface area (Å²) in [5, 5.41) is 31.0. The van der Waals surface area contributed by atoms with Crippen molar-refractivity contribution in [2.45, 2.75) is 38.1 Å². The summed E-state index contributed by atoms with van der Waals surface area (Å²) in [5.41, 5.74) is -9.23. The Labute approximate surface area is 235 Å². The highest BCUT2D eigenvalue weighted by molar-refractivity contribution is 5.99. The third kappa shape index (κ3) is 5.68. The second kappa shape index (κ2) is 10.6. The van der Waals surface area contributed by atoms with Crippen LogP contribution in [0.1, 0.15) is 45.3 Å². The molecule has 8 nitrogen and oxygen atoms in total. The van der Waals surface area contributed by atoms with E-state index in [1.807, 2.05) is 5.32 Å². The standard InChI is InChI=1S/C28H25F5N4O4/c1-14-24(41-4)18-11-16(7-10-20(18)37-36-14)25(38)34-13-27(40,28(31,32)33)21-12-19(26(2,3)39)22(30)23(35-21)15-5-8-17(29)9-6-15/h5-12,39-40H,13H2,1-4H3,(H,34,38)/i1D3. The number of carbonyl (C=O) groups is 1. The van der Waals surface area contributed by atoms with Crippen molar-refractivity contribution in [1.29, 1.82) is 0 Å². The van der Waals surface area contributed by atoms with Gasteiger partial charge in [-0.1, -0.05) is 0 Å². The summed E-state index contributed by atoms with van der Waals surface area (Å²) >= 11 is 0. The summed E-state index contributed by atoms with van der Waals surface area (Å²) < 4.78 is 100. The van der Waals surface area contributed by atoms with E-state index < -0.39 is 71.0 Å². The van der Waals surface area contributed by atoms with Crippen LogP contribution in [-0.4, -0.2) is 51.1 Å². The number of carbonyl (C=O) groups excluding carboxylic acids is 1. The molecule has 2 aromatic carbocycles. The van der Waals surface area contributed by atoms with E-state index in [-0.39, 0.29) is 27.8 Å². The highest BCUT2D eigenvalue weighted by Crippen LogP contribution is 2.41. The van der Waals surface area contributed by atoms with Crippen LogP contribution in [0.25, 0.3) is 22.2 Å². The van der Waals surface area contributed by atoms with Gasteiger partial charge in [0.1, 0.15) is 17.2 Å². The number of halogens is 5. The molecule has 0 saturated carbocycles. The van der Waals surface area contributed by atoms with E-state index in [1.165, 1.54) is 19.2 Å². The number of ether oxygens (including phenoxy) is 1. The topological polar surface area (TPSA) is 117 Å². The van der Waals surface area contributed by atoms with Crippen molar-refractivity contribution in [3.63, 3.8) is 0 Å². The first-order valence-electron chi connectivity index (χ1n) is 13.4. The number of alkyl halides is 3. The zero-order valence-corrected chi connectivity index (χ0v) is 21.8. The number of aromatic nitrogens is 3. The lowest BCUT2D eigenvalue weighted by molar-refractivity contribution is -0.265. The van der Waals surface area contributed by atoms with Gasteiger partial charge >= 0.3 is 6.18 Å². The molecule has 0 aliphatic heterocycles. The monoisotopic (exact) mass is 579 g/mol. The minimum Gasteiger partial charge on any atom is -0.494 e. The first-order valence-corrected chi connectivity index (χ1v) is 11.9. The van der Waals surface area contributed by atoms with Gasteiger partial charge in [-0.15, -0.1) is 5.10 Å². The van der Waals surface area contributed by atoms with E-state index in [1.54, 1.807) is 0 Å². The maximum absolute atomic E-state index is 15.4. The number of nitrogens with one attached hydrogen (secondary N) is 1. The molecule has 0 aliphatic carbocycles. The van der Waals surface area contributed by atoms with Gasteiger partial charge in [-0.25, -0.2) is 13.8 Å². The molecule has 4 rings (SSSR count). The molecule has 0 radical (unpaired) electrons. The molecule has 216 valence electrons. The van der Waals surface area contributed by atoms with Gasteiger partial charge in [0.25, 0.3) is 5.91 Å². The van der Waals surface area contributed by atoms with Gasteiger partial charge in [0.05, 0.1) is 30.5 Å². The SMILES string of the molecule is [2H]C([2H])([2H])c1nnc2ccc(C(=O)NCC(O)(c3cc(C(C)(C)O)c(F)c(-c4ccc(F)cc4)n3)C(F)(F)F)cc2c1OC. The highest BCUT2D eigenvalue weighted by atomic mass is 19.4. The highest BCUT2D eigenvalue weighted by Gasteiger charge is 2.57. The number of pyridine rings is 1. The minimum atomic E-state index is -5.49. The summed E-state index contributed by atoms with van der Waals surface area (Å²) in [5.74, 6) is -3.26. The Bertz CT molecular complexity index is 1730. The number of fused-ring (bicyclic) bond motifs is 1. The fourth-order valence-electron chi connectivity index (χ4n) is 4.06. The average Bonchev–Trinajstić information content (AvgIpc) is 2.93. The molecule has 2 aromatic heterocycles. The van der Waals surface area contributed by atoms with E-state index in [4.69, 9.17) is 8.85 Å². The van der Waals surface area contributed by atoms with Gasteiger partial charge in [-0.3, -0.25) is 4.79 Å². The molecule has 1 amide bonds. The molecule has 41 heavy (non-hydrogen) atoms. The van der Waals surface area contributed by atoms with E-state index in [0.29, 0.717) is 6.07 Å². The molecular formula is C28H25F5N4O4. The summed E-state index contributed by atoms with van der Waals surface area (Å²) in [6.07, 6.45) is -5.49. The molecule has 2 heterocycles. The van der Waals surface area contributed by atoms with Crippen LogP contribution in [0.5, 0.6) is 5.75 Å². The molecule has 0 bridgehead atoms. The smallest absolute Gasteiger partial charge is 0.424 e. The molecule has 0 aliphatic rings. The predicted octanol–water partition coefficient (Wildman–Crippen LogP) is 4.69. The van der Waals surface area contributed by atoms with E-state index in [9.17, 15) is 32.6 Å². The lowest BCUT2D eigenvalue weighted by Gasteiger charge is -2.32. The van der Waals surface area contributed by atoms with E-state index in [2.05, 4.69) is 15.2 Å². The number of hydrogen-bond acceptors (Lipinski definition) is 7. The Balaban J connectivity index is 1.78. The Hall–Kier alpha value is -4.23. The third-order valence-corrected chi connectivity index (χ3v) is 6.31. The van der Waals surface area contributed by atoms with E-state index >= 15 is 4.39 Å². The second-order valence-corrected chi connectivity index (χ2v) is 9.64. The Morgan fingerprint density at radius 3 is 2.32 bits per heavy atom. The van der Waals surface area contributed by atoms with Crippen LogP contribution < -0.4 is 10.1 Å². The first kappa shape index (κ1) is 25.7. The number of aryl methyl sites for hydroxylation is 1. The van der Waals surface area contributed by atoms with Crippen molar-refractivity contribution in [2.24, 2.45) is 0 Å². The largest absolute Gasteiger partial charge is 0.494 e. The van der Waals surface area contributed by atoms with Gasteiger partial charge in [-0.05, 0) is 69.2 Å². The molecule has 13 heteroatoms. The number of methoxy groups -OCH3 is 1. The van der Waals surface area contributed by atoms with Gasteiger partial charge in [0, 0.05) is 26.2 Å². The zero-order valence-electron chi connectivity index (χ0n) is 24.8. The summed E-state index contributed by atoms with van der Waals surface area (Å²) in [7, 11) is 1.17. The van der Waals surface area contributed by atoms with Gasteiger partial charge in [0.2, 0.25) is 5.60 Å². The third-order valence-electron chi connectivity index (χ3n) is 6.31. The van der Waals surface area contributed by atoms with Gasteiger partial charge in [0.15, 0.2) is 11.6 Å². The van der Waals surface area contributed by atoms with Crippen molar-refractivity contribution in [3.8, 4) is 17.0 Å². The summed E-state index contributed by atoms with van der Waals surface area (Å²) in [6, 6.07) is 8.09. The molecule has 1 atom stereocenters. The Kier molecular flexibility index (Phi) is 6.67. The fraction of sp³-hybridized carbons (Fsp3) is 0.286. The normalized spacial score (nSPS) is 15.0. The van der Waals surface area contributed by atoms with Crippen LogP contribution in [0, 0.1) is 18.5 Å². The molecule has 0 spiro atoms. The van der Waals surface area contributed by atoms with Crippen molar-refractivity contribution in [2.75, 3.05) is 13.7 Å². The maximum Gasteiger partial charge on any atom is 0.424 e. The first-order chi connectivity index (χ1) is 20.3. The van der Waals surface area contributed by atoms with Crippen molar-refractivity contribution < 1.29 is 45.8 Å². The lowest BCUT2D eigenvalue weighted by Crippen LogP contribution is -2.51. The molecule has 3 N–H and O–H groups in total. The molecule has 4 aromatic rings. The predicted molar refractivity (Wildman–Crippen MR) is 138 cm³/mol. The number of rotatable bonds is 7. The average molecular weight is 580 g/mol. The van der Waals surface area contributed by atoms with Crippen LogP contribution in [0.15, 0.2) is 48.5 Å². The lowest BCUT2D eigenvalue weighted by atomic mass is 9.90. The van der Waals surface area contributed by atoms with Crippen LogP contribution in [0.3, 0.4) is 0 Å². The zero-order chi connectivity index (χ0) is 32.8. The summed E-state index contributed by atoms with van der Waals surface area (Å²) in [4.78, 5) is 16.8. The molecule has 0 saturated heterocycles. The Morgan fingerprint density at radius 2 is 1.73 bits per heavy atom. The number of benzene rings is 2. The van der Waals surface area contributed by atoms with Crippen molar-refractivity contribution >= 4 is 16.8 Å². The van der Waals surface area contributed by atoms with Crippen molar-refractivity contribution in [3.05, 3.63) is 82.7 Å². The van der Waals surface area contributed by atoms with Crippen LogP contribution in [0.4, 0.5) is 22.0 Å². The maximum atomic E-state index is 15.4. The minimum absolute atomic E-state index is 0.0336. The van der Waals surface area contributed by atoms with Crippen molar-refractivity contribution in [1.82, 2.24) is 20.5 Å². The second-order valence-electron chi connectivity index (χ2n) is 9.64. The summed E-state index contributed by atoms with van der Waals surface area (Å²) in [6.45, 7) is -2.03. The fourth-order valence-corrected chi connectivity index (χ4v) is 4.06. The van der Waals surface area contributed by atoms with Crippen LogP contribution in [0.2, 0.25) is 0 Å². The van der Waals surface area contributed by atoms with Crippen LogP contribution >= 0.6 is 0 Å². The number of amides is 1. The quantitative estimate of drug-likeness (QED) is 0.272. The Morgan fingerprint density at radius 1 is 1.05 bits per heavy atom. The number of hydrogen-bond donors (Lipinski definition) is 3. The molecule has 1 unspecified atom stereocenters. The number of nitrogens with zero attached hydrogens (tertiary/aromatic N) is 3. The number of aliphatic hydroxyl groups is 2. The van der Waals surface area contributed by atoms with E-state index in [0.717, 1.165) is 44.2 Å². The molecular weight excluding hydrogens is 551 g/mol. The molecule has 0 fully saturated rings. The van der Waals surface area contributed by atoms with Crippen LogP contribution in [-0.2, 0) is 11.2 Å². The van der Waals surface area contributed by atoms with Gasteiger partial charge < -0.3 is 20.3 Å². The van der Waals surface area contributed by atoms with Gasteiger partial charge in [-0.2, -0.15) is 18.3 Å².